The minimum atomic E-state index is -0.222. The number of likely N-dealkylation sites (N-methyl/N-ethyl adjacent to an activating group) is 1. The molecule has 0 spiro atoms. The lowest BCUT2D eigenvalue weighted by atomic mass is 10.1. The van der Waals surface area contributed by atoms with Gasteiger partial charge in [-0.3, -0.25) is 9.69 Å². The van der Waals surface area contributed by atoms with E-state index in [1.807, 2.05) is 16.8 Å². The van der Waals surface area contributed by atoms with Crippen LogP contribution in [0.2, 0.25) is 0 Å². The summed E-state index contributed by atoms with van der Waals surface area (Å²) in [6.45, 7) is 4.54. The fourth-order valence-electron chi connectivity index (χ4n) is 1.77. The highest BCUT2D eigenvalue weighted by molar-refractivity contribution is 5.82. The van der Waals surface area contributed by atoms with Crippen molar-refractivity contribution in [2.45, 2.75) is 25.8 Å². The molecule has 1 saturated heterocycles. The van der Waals surface area contributed by atoms with Gasteiger partial charge in [0, 0.05) is 19.6 Å². The molecular formula is C10H17N3O. The second-order valence-corrected chi connectivity index (χ2v) is 3.68. The monoisotopic (exact) mass is 195 g/mol. The van der Waals surface area contributed by atoms with Crippen molar-refractivity contribution in [3.8, 4) is 6.07 Å². The average molecular weight is 195 g/mol. The number of amides is 1. The molecule has 4 heteroatoms. The topological polar surface area (TPSA) is 47.3 Å². The fraction of sp³-hybridized carbons (Fsp3) is 0.800. The molecule has 0 aromatic heterocycles. The Bertz CT molecular complexity index is 246. The van der Waals surface area contributed by atoms with Gasteiger partial charge in [0.05, 0.1) is 12.5 Å². The van der Waals surface area contributed by atoms with Gasteiger partial charge in [-0.15, -0.1) is 0 Å². The number of carbonyl (C=O) groups excluding carboxylic acids is 1. The van der Waals surface area contributed by atoms with E-state index >= 15 is 0 Å². The van der Waals surface area contributed by atoms with E-state index in [1.165, 1.54) is 0 Å². The molecule has 1 fully saturated rings. The number of hydrogen-bond donors (Lipinski definition) is 0. The summed E-state index contributed by atoms with van der Waals surface area (Å²) in [7, 11) is 1.91. The summed E-state index contributed by atoms with van der Waals surface area (Å²) in [6.07, 6.45) is 1.28. The van der Waals surface area contributed by atoms with Crippen LogP contribution in [-0.2, 0) is 4.79 Å². The first kappa shape index (κ1) is 11.0. The van der Waals surface area contributed by atoms with E-state index in [9.17, 15) is 4.79 Å². The minimum absolute atomic E-state index is 0.113. The molecule has 1 amide bonds. The normalized spacial score (nSPS) is 23.6. The maximum Gasteiger partial charge on any atom is 0.241 e. The summed E-state index contributed by atoms with van der Waals surface area (Å²) >= 11 is 0. The Hall–Kier alpha value is -1.08. The highest BCUT2D eigenvalue weighted by atomic mass is 16.2. The van der Waals surface area contributed by atoms with E-state index in [0.29, 0.717) is 6.42 Å². The standard InChI is InChI=1S/C10H17N3O/c1-3-6-13-8-7-12(2)9(4-5-11)10(13)14/h9H,3-4,6-8H2,1-2H3. The van der Waals surface area contributed by atoms with Crippen LogP contribution in [0.4, 0.5) is 0 Å². The summed E-state index contributed by atoms with van der Waals surface area (Å²) in [4.78, 5) is 15.7. The number of carbonyl (C=O) groups is 1. The Labute approximate surface area is 85.1 Å². The number of piperazine rings is 1. The molecule has 1 aliphatic rings. The predicted molar refractivity (Wildman–Crippen MR) is 53.5 cm³/mol. The molecular weight excluding hydrogens is 178 g/mol. The van der Waals surface area contributed by atoms with Gasteiger partial charge in [-0.1, -0.05) is 6.92 Å². The van der Waals surface area contributed by atoms with E-state index in [4.69, 9.17) is 5.26 Å². The smallest absolute Gasteiger partial charge is 0.241 e. The Balaban J connectivity index is 2.63. The van der Waals surface area contributed by atoms with E-state index < -0.39 is 0 Å². The minimum Gasteiger partial charge on any atom is -0.340 e. The summed E-state index contributed by atoms with van der Waals surface area (Å²) in [5.41, 5.74) is 0. The van der Waals surface area contributed by atoms with E-state index in [-0.39, 0.29) is 11.9 Å². The lowest BCUT2D eigenvalue weighted by Crippen LogP contribution is -2.55. The molecule has 1 unspecified atom stereocenters. The Morgan fingerprint density at radius 1 is 1.57 bits per heavy atom. The van der Waals surface area contributed by atoms with Crippen molar-refractivity contribution in [3.05, 3.63) is 0 Å². The molecule has 0 saturated carbocycles. The summed E-state index contributed by atoms with van der Waals surface area (Å²) < 4.78 is 0. The summed E-state index contributed by atoms with van der Waals surface area (Å²) in [5, 5.41) is 8.62. The second-order valence-electron chi connectivity index (χ2n) is 3.68. The Kier molecular flexibility index (Phi) is 3.90. The zero-order chi connectivity index (χ0) is 10.6. The SMILES string of the molecule is CCCN1CCN(C)C(CC#N)C1=O. The van der Waals surface area contributed by atoms with Crippen molar-refractivity contribution in [1.29, 1.82) is 5.26 Å². The molecule has 1 aliphatic heterocycles. The summed E-state index contributed by atoms with van der Waals surface area (Å²) in [5.74, 6) is 0.113. The number of rotatable bonds is 3. The first-order chi connectivity index (χ1) is 6.70. The van der Waals surface area contributed by atoms with Gasteiger partial charge in [0.25, 0.3) is 0 Å². The van der Waals surface area contributed by atoms with Crippen LogP contribution >= 0.6 is 0 Å². The zero-order valence-electron chi connectivity index (χ0n) is 8.86. The molecule has 4 nitrogen and oxygen atoms in total. The van der Waals surface area contributed by atoms with Crippen LogP contribution < -0.4 is 0 Å². The summed E-state index contributed by atoms with van der Waals surface area (Å²) in [6, 6.07) is 1.85. The maximum atomic E-state index is 11.8. The predicted octanol–water partition coefficient (Wildman–Crippen LogP) is 0.453. The number of nitrogens with zero attached hydrogens (tertiary/aromatic N) is 3. The van der Waals surface area contributed by atoms with Gasteiger partial charge < -0.3 is 4.90 Å². The van der Waals surface area contributed by atoms with Crippen molar-refractivity contribution in [2.75, 3.05) is 26.7 Å². The maximum absolute atomic E-state index is 11.8. The van der Waals surface area contributed by atoms with Crippen molar-refractivity contribution in [1.82, 2.24) is 9.80 Å². The van der Waals surface area contributed by atoms with Crippen LogP contribution in [0.3, 0.4) is 0 Å². The van der Waals surface area contributed by atoms with E-state index in [1.54, 1.807) is 0 Å². The Morgan fingerprint density at radius 3 is 2.86 bits per heavy atom. The second kappa shape index (κ2) is 4.97. The molecule has 0 aromatic rings. The average Bonchev–Trinajstić information content (AvgIpc) is 2.17. The van der Waals surface area contributed by atoms with Gasteiger partial charge in [-0.25, -0.2) is 0 Å². The van der Waals surface area contributed by atoms with E-state index in [2.05, 4.69) is 13.0 Å². The molecule has 78 valence electrons. The van der Waals surface area contributed by atoms with Crippen molar-refractivity contribution in [3.63, 3.8) is 0 Å². The van der Waals surface area contributed by atoms with E-state index in [0.717, 1.165) is 26.1 Å². The molecule has 1 rings (SSSR count). The number of hydrogen-bond acceptors (Lipinski definition) is 3. The first-order valence-corrected chi connectivity index (χ1v) is 5.06. The third-order valence-electron chi connectivity index (χ3n) is 2.63. The molecule has 0 bridgehead atoms. The molecule has 1 atom stereocenters. The molecule has 0 aliphatic carbocycles. The van der Waals surface area contributed by atoms with Gasteiger partial charge >= 0.3 is 0 Å². The van der Waals surface area contributed by atoms with Crippen molar-refractivity contribution >= 4 is 5.91 Å². The van der Waals surface area contributed by atoms with Crippen LogP contribution in [0.15, 0.2) is 0 Å². The highest BCUT2D eigenvalue weighted by Gasteiger charge is 2.31. The van der Waals surface area contributed by atoms with Crippen molar-refractivity contribution in [2.24, 2.45) is 0 Å². The van der Waals surface area contributed by atoms with Gasteiger partial charge in [-0.2, -0.15) is 5.26 Å². The van der Waals surface area contributed by atoms with Crippen LogP contribution in [0.1, 0.15) is 19.8 Å². The van der Waals surface area contributed by atoms with Gasteiger partial charge in [0.1, 0.15) is 6.04 Å². The van der Waals surface area contributed by atoms with Crippen molar-refractivity contribution < 1.29 is 4.79 Å². The van der Waals surface area contributed by atoms with Gasteiger partial charge in [0.15, 0.2) is 0 Å². The van der Waals surface area contributed by atoms with Crippen LogP contribution in [0.5, 0.6) is 0 Å². The molecule has 0 aromatic carbocycles. The van der Waals surface area contributed by atoms with Crippen LogP contribution in [0, 0.1) is 11.3 Å². The zero-order valence-corrected chi connectivity index (χ0v) is 8.86. The highest BCUT2D eigenvalue weighted by Crippen LogP contribution is 2.12. The van der Waals surface area contributed by atoms with Gasteiger partial charge in [-0.05, 0) is 13.5 Å². The van der Waals surface area contributed by atoms with Crippen LogP contribution in [0.25, 0.3) is 0 Å². The first-order valence-electron chi connectivity index (χ1n) is 5.06. The lowest BCUT2D eigenvalue weighted by molar-refractivity contribution is -0.140. The largest absolute Gasteiger partial charge is 0.340 e. The number of nitriles is 1. The molecule has 0 radical (unpaired) electrons. The molecule has 1 heterocycles. The van der Waals surface area contributed by atoms with Gasteiger partial charge in [0.2, 0.25) is 5.91 Å². The third kappa shape index (κ3) is 2.24. The lowest BCUT2D eigenvalue weighted by Gasteiger charge is -2.37. The van der Waals surface area contributed by atoms with Crippen LogP contribution in [-0.4, -0.2) is 48.4 Å². The fourth-order valence-corrected chi connectivity index (χ4v) is 1.77. The third-order valence-corrected chi connectivity index (χ3v) is 2.63. The molecule has 0 N–H and O–H groups in total. The molecule has 14 heavy (non-hydrogen) atoms. The quantitative estimate of drug-likeness (QED) is 0.657. The Morgan fingerprint density at radius 2 is 2.29 bits per heavy atom.